The number of aromatic nitrogens is 2. The van der Waals surface area contributed by atoms with Crippen molar-refractivity contribution in [2.75, 3.05) is 6.54 Å². The number of hydrogen-bond donors (Lipinski definition) is 1. The molecule has 1 aromatic heterocycles. The largest absolute Gasteiger partial charge is 0.356 e. The molecule has 0 aliphatic rings. The van der Waals surface area contributed by atoms with E-state index in [2.05, 4.69) is 22.5 Å². The molecule has 0 unspecified atom stereocenters. The van der Waals surface area contributed by atoms with Gasteiger partial charge in [-0.2, -0.15) is 0 Å². The molecule has 4 nitrogen and oxygen atoms in total. The van der Waals surface area contributed by atoms with Crippen LogP contribution in [0, 0.1) is 0 Å². The molecule has 2 aromatic carbocycles. The van der Waals surface area contributed by atoms with Crippen molar-refractivity contribution >= 4 is 28.5 Å². The van der Waals surface area contributed by atoms with Crippen LogP contribution in [0.15, 0.2) is 60.7 Å². The number of nitrogens with one attached hydrogen (secondary N) is 1. The standard InChI is InChI=1S/C22H24ClN3O/c1-16(2)15-26-20-11-6-5-10-19(20)25-21(26)12-7-13-24-22(27)14-17-8-3-4-9-18(17)23/h3-6,8-11H,1,7,12-15H2,2H3,(H,24,27). The SMILES string of the molecule is C=C(C)Cn1c(CCCNC(=O)Cc2ccccc2Cl)nc2ccccc21. The number of para-hydroxylation sites is 2. The first-order chi connectivity index (χ1) is 13.0. The van der Waals surface area contributed by atoms with E-state index in [4.69, 9.17) is 16.6 Å². The summed E-state index contributed by atoms with van der Waals surface area (Å²) in [6, 6.07) is 15.6. The van der Waals surface area contributed by atoms with Crippen molar-refractivity contribution in [3.8, 4) is 0 Å². The summed E-state index contributed by atoms with van der Waals surface area (Å²) in [5.41, 5.74) is 4.06. The number of aryl methyl sites for hydroxylation is 1. The molecule has 3 aromatic rings. The lowest BCUT2D eigenvalue weighted by molar-refractivity contribution is -0.120. The molecular formula is C22H24ClN3O. The fraction of sp³-hybridized carbons (Fsp3) is 0.273. The van der Waals surface area contributed by atoms with Crippen LogP contribution in [-0.2, 0) is 24.2 Å². The number of hydrogen-bond acceptors (Lipinski definition) is 2. The Balaban J connectivity index is 1.56. The fourth-order valence-electron chi connectivity index (χ4n) is 3.11. The van der Waals surface area contributed by atoms with Crippen molar-refractivity contribution in [2.24, 2.45) is 0 Å². The minimum absolute atomic E-state index is 0.0152. The van der Waals surface area contributed by atoms with Crippen LogP contribution in [0.5, 0.6) is 0 Å². The van der Waals surface area contributed by atoms with Gasteiger partial charge in [0.25, 0.3) is 0 Å². The zero-order valence-corrected chi connectivity index (χ0v) is 16.3. The molecule has 0 aliphatic carbocycles. The van der Waals surface area contributed by atoms with Gasteiger partial charge in [0.05, 0.1) is 17.5 Å². The van der Waals surface area contributed by atoms with E-state index in [-0.39, 0.29) is 5.91 Å². The molecule has 0 fully saturated rings. The van der Waals surface area contributed by atoms with Gasteiger partial charge in [-0.15, -0.1) is 0 Å². The van der Waals surface area contributed by atoms with Gasteiger partial charge in [0.1, 0.15) is 5.82 Å². The van der Waals surface area contributed by atoms with E-state index in [1.54, 1.807) is 6.07 Å². The summed E-state index contributed by atoms with van der Waals surface area (Å²) in [4.78, 5) is 16.9. The van der Waals surface area contributed by atoms with Gasteiger partial charge in [-0.05, 0) is 37.1 Å². The summed E-state index contributed by atoms with van der Waals surface area (Å²) in [5, 5.41) is 3.60. The number of carbonyl (C=O) groups is 1. The lowest BCUT2D eigenvalue weighted by Crippen LogP contribution is -2.26. The maximum Gasteiger partial charge on any atom is 0.224 e. The van der Waals surface area contributed by atoms with Gasteiger partial charge in [-0.25, -0.2) is 4.98 Å². The molecule has 0 saturated carbocycles. The molecule has 140 valence electrons. The third-order valence-corrected chi connectivity index (χ3v) is 4.74. The predicted molar refractivity (Wildman–Crippen MR) is 111 cm³/mol. The first-order valence-electron chi connectivity index (χ1n) is 9.13. The van der Waals surface area contributed by atoms with E-state index in [1.807, 2.05) is 43.3 Å². The number of amides is 1. The van der Waals surface area contributed by atoms with Crippen molar-refractivity contribution in [1.82, 2.24) is 14.9 Å². The summed E-state index contributed by atoms with van der Waals surface area (Å²) in [6.45, 7) is 7.42. The zero-order chi connectivity index (χ0) is 19.2. The second-order valence-corrected chi connectivity index (χ2v) is 7.19. The van der Waals surface area contributed by atoms with Crippen LogP contribution in [0.1, 0.15) is 24.7 Å². The molecule has 1 amide bonds. The molecule has 0 radical (unpaired) electrons. The molecule has 0 bridgehead atoms. The van der Waals surface area contributed by atoms with Crippen LogP contribution < -0.4 is 5.32 Å². The van der Waals surface area contributed by atoms with Gasteiger partial charge in [-0.3, -0.25) is 4.79 Å². The average Bonchev–Trinajstić information content (AvgIpc) is 2.98. The summed E-state index contributed by atoms with van der Waals surface area (Å²) >= 11 is 6.11. The molecule has 3 rings (SSSR count). The zero-order valence-electron chi connectivity index (χ0n) is 15.5. The van der Waals surface area contributed by atoms with E-state index >= 15 is 0 Å². The Bertz CT molecular complexity index is 961. The first-order valence-corrected chi connectivity index (χ1v) is 9.51. The van der Waals surface area contributed by atoms with Crippen LogP contribution in [0.4, 0.5) is 0 Å². The van der Waals surface area contributed by atoms with E-state index in [0.717, 1.165) is 47.4 Å². The van der Waals surface area contributed by atoms with Crippen molar-refractivity contribution < 1.29 is 4.79 Å². The van der Waals surface area contributed by atoms with Crippen molar-refractivity contribution in [3.05, 3.63) is 77.1 Å². The normalized spacial score (nSPS) is 10.9. The number of rotatable bonds is 8. The number of benzene rings is 2. The number of carbonyl (C=O) groups excluding carboxylic acids is 1. The van der Waals surface area contributed by atoms with E-state index in [9.17, 15) is 4.79 Å². The summed E-state index contributed by atoms with van der Waals surface area (Å²) < 4.78 is 2.21. The van der Waals surface area contributed by atoms with E-state index in [0.29, 0.717) is 18.0 Å². The molecule has 1 N–H and O–H groups in total. The molecule has 5 heteroatoms. The quantitative estimate of drug-likeness (QED) is 0.459. The van der Waals surface area contributed by atoms with Gasteiger partial charge < -0.3 is 9.88 Å². The maximum atomic E-state index is 12.1. The Hall–Kier alpha value is -2.59. The third kappa shape index (κ3) is 4.98. The molecule has 0 spiro atoms. The number of allylic oxidation sites excluding steroid dienone is 1. The van der Waals surface area contributed by atoms with Crippen molar-refractivity contribution in [1.29, 1.82) is 0 Å². The van der Waals surface area contributed by atoms with Crippen LogP contribution >= 0.6 is 11.6 Å². The van der Waals surface area contributed by atoms with Crippen molar-refractivity contribution in [3.63, 3.8) is 0 Å². The molecule has 27 heavy (non-hydrogen) atoms. The number of imidazole rings is 1. The highest BCUT2D eigenvalue weighted by atomic mass is 35.5. The highest BCUT2D eigenvalue weighted by Crippen LogP contribution is 2.18. The molecule has 0 aliphatic heterocycles. The number of nitrogens with zero attached hydrogens (tertiary/aromatic N) is 2. The maximum absolute atomic E-state index is 12.1. The second kappa shape index (κ2) is 8.87. The Kier molecular flexibility index (Phi) is 6.30. The van der Waals surface area contributed by atoms with E-state index < -0.39 is 0 Å². The van der Waals surface area contributed by atoms with Crippen LogP contribution in [0.2, 0.25) is 5.02 Å². The van der Waals surface area contributed by atoms with Crippen molar-refractivity contribution in [2.45, 2.75) is 32.7 Å². The smallest absolute Gasteiger partial charge is 0.224 e. The summed E-state index contributed by atoms with van der Waals surface area (Å²) in [5.74, 6) is 1.01. The lowest BCUT2D eigenvalue weighted by Gasteiger charge is -2.10. The first kappa shape index (κ1) is 19.2. The molecular weight excluding hydrogens is 358 g/mol. The minimum Gasteiger partial charge on any atom is -0.356 e. The van der Waals surface area contributed by atoms with Gasteiger partial charge in [0.15, 0.2) is 0 Å². The Morgan fingerprint density at radius 1 is 1.19 bits per heavy atom. The Labute approximate surface area is 164 Å². The molecule has 1 heterocycles. The fourth-order valence-corrected chi connectivity index (χ4v) is 3.32. The molecule has 0 atom stereocenters. The highest BCUT2D eigenvalue weighted by Gasteiger charge is 2.11. The topological polar surface area (TPSA) is 46.9 Å². The lowest BCUT2D eigenvalue weighted by atomic mass is 10.1. The van der Waals surface area contributed by atoms with Gasteiger partial charge in [-0.1, -0.05) is 54.1 Å². The van der Waals surface area contributed by atoms with Crippen LogP contribution in [0.25, 0.3) is 11.0 Å². The predicted octanol–water partition coefficient (Wildman–Crippen LogP) is 4.56. The number of halogens is 1. The van der Waals surface area contributed by atoms with Gasteiger partial charge in [0, 0.05) is 24.5 Å². The minimum atomic E-state index is -0.0152. The van der Waals surface area contributed by atoms with Crippen LogP contribution in [0.3, 0.4) is 0 Å². The highest BCUT2D eigenvalue weighted by molar-refractivity contribution is 6.31. The van der Waals surface area contributed by atoms with E-state index in [1.165, 1.54) is 0 Å². The molecule has 0 saturated heterocycles. The average molecular weight is 382 g/mol. The summed E-state index contributed by atoms with van der Waals surface area (Å²) in [6.07, 6.45) is 1.93. The van der Waals surface area contributed by atoms with Crippen LogP contribution in [-0.4, -0.2) is 22.0 Å². The Morgan fingerprint density at radius 2 is 1.93 bits per heavy atom. The Morgan fingerprint density at radius 3 is 2.70 bits per heavy atom. The van der Waals surface area contributed by atoms with Gasteiger partial charge in [0.2, 0.25) is 5.91 Å². The summed E-state index contributed by atoms with van der Waals surface area (Å²) in [7, 11) is 0. The number of fused-ring (bicyclic) bond motifs is 1. The van der Waals surface area contributed by atoms with Gasteiger partial charge >= 0.3 is 0 Å². The monoisotopic (exact) mass is 381 g/mol. The second-order valence-electron chi connectivity index (χ2n) is 6.78. The third-order valence-electron chi connectivity index (χ3n) is 4.37.